The van der Waals surface area contributed by atoms with Crippen LogP contribution >= 0.6 is 11.3 Å². The van der Waals surface area contributed by atoms with Gasteiger partial charge >= 0.3 is 5.97 Å². The number of aryl methyl sites for hydroxylation is 1. The SMILES string of the molecule is CCOC(=O)[C@@H]1CCCN(S(=O)(=O)c2cc(-c3nc(-c4ccccc4)no3)sc2C)C1. The number of nitrogens with zero attached hydrogens (tertiary/aromatic N) is 3. The summed E-state index contributed by atoms with van der Waals surface area (Å²) in [4.78, 5) is 18.0. The smallest absolute Gasteiger partial charge is 0.310 e. The highest BCUT2D eigenvalue weighted by Gasteiger charge is 2.35. The zero-order valence-electron chi connectivity index (χ0n) is 17.3. The highest BCUT2D eigenvalue weighted by atomic mass is 32.2. The lowest BCUT2D eigenvalue weighted by molar-refractivity contribution is -0.149. The molecule has 0 bridgehead atoms. The minimum atomic E-state index is -3.76. The van der Waals surface area contributed by atoms with Crippen molar-refractivity contribution in [3.63, 3.8) is 0 Å². The third-order valence-corrected chi connectivity index (χ3v) is 8.32. The molecule has 4 rings (SSSR count). The molecular formula is C21H23N3O5S2. The van der Waals surface area contributed by atoms with E-state index in [-0.39, 0.29) is 29.9 Å². The molecule has 3 aromatic rings. The van der Waals surface area contributed by atoms with Gasteiger partial charge in [-0.15, -0.1) is 11.3 Å². The molecule has 0 aliphatic carbocycles. The van der Waals surface area contributed by atoms with Crippen LogP contribution in [0, 0.1) is 12.8 Å². The summed E-state index contributed by atoms with van der Waals surface area (Å²) in [5.41, 5.74) is 0.817. The van der Waals surface area contributed by atoms with E-state index in [0.717, 1.165) is 5.56 Å². The minimum Gasteiger partial charge on any atom is -0.466 e. The Morgan fingerprint density at radius 3 is 2.84 bits per heavy atom. The number of esters is 1. The lowest BCUT2D eigenvalue weighted by Crippen LogP contribution is -2.42. The number of benzene rings is 1. The highest BCUT2D eigenvalue weighted by Crippen LogP contribution is 2.36. The molecule has 1 fully saturated rings. The predicted molar refractivity (Wildman–Crippen MR) is 116 cm³/mol. The summed E-state index contributed by atoms with van der Waals surface area (Å²) in [6, 6.07) is 11.0. The molecule has 0 N–H and O–H groups in total. The molecule has 8 nitrogen and oxygen atoms in total. The Labute approximate surface area is 184 Å². The van der Waals surface area contributed by atoms with Crippen LogP contribution in [0.25, 0.3) is 22.2 Å². The molecule has 0 unspecified atom stereocenters. The number of carbonyl (C=O) groups is 1. The van der Waals surface area contributed by atoms with Crippen LogP contribution in [0.4, 0.5) is 0 Å². The molecule has 3 heterocycles. The maximum atomic E-state index is 13.3. The van der Waals surface area contributed by atoms with Crippen LogP contribution in [0.3, 0.4) is 0 Å². The topological polar surface area (TPSA) is 103 Å². The van der Waals surface area contributed by atoms with Crippen LogP contribution < -0.4 is 0 Å². The molecule has 2 aromatic heterocycles. The molecule has 0 spiro atoms. The lowest BCUT2D eigenvalue weighted by atomic mass is 10.0. The van der Waals surface area contributed by atoms with Crippen molar-refractivity contribution in [2.24, 2.45) is 5.92 Å². The van der Waals surface area contributed by atoms with Crippen LogP contribution in [0.5, 0.6) is 0 Å². The first kappa shape index (κ1) is 21.7. The fraction of sp³-hybridized carbons (Fsp3) is 0.381. The number of rotatable bonds is 6. The number of carbonyl (C=O) groups excluding carboxylic acids is 1. The Morgan fingerprint density at radius 1 is 1.32 bits per heavy atom. The van der Waals surface area contributed by atoms with E-state index in [1.807, 2.05) is 30.3 Å². The molecule has 1 aromatic carbocycles. The van der Waals surface area contributed by atoms with Gasteiger partial charge in [-0.05, 0) is 32.8 Å². The molecular weight excluding hydrogens is 438 g/mol. The average molecular weight is 462 g/mol. The van der Waals surface area contributed by atoms with Crippen LogP contribution in [-0.2, 0) is 19.6 Å². The van der Waals surface area contributed by atoms with Gasteiger partial charge in [0.15, 0.2) is 0 Å². The summed E-state index contributed by atoms with van der Waals surface area (Å²) in [6.45, 7) is 4.28. The van der Waals surface area contributed by atoms with E-state index in [1.54, 1.807) is 19.9 Å². The minimum absolute atomic E-state index is 0.129. The molecule has 10 heteroatoms. The van der Waals surface area contributed by atoms with E-state index in [2.05, 4.69) is 10.1 Å². The molecule has 0 saturated carbocycles. The molecule has 1 saturated heterocycles. The molecule has 31 heavy (non-hydrogen) atoms. The van der Waals surface area contributed by atoms with Gasteiger partial charge in [-0.2, -0.15) is 9.29 Å². The number of hydrogen-bond acceptors (Lipinski definition) is 8. The molecule has 164 valence electrons. The summed E-state index contributed by atoms with van der Waals surface area (Å²) < 4.78 is 38.5. The van der Waals surface area contributed by atoms with Crippen molar-refractivity contribution in [3.8, 4) is 22.2 Å². The van der Waals surface area contributed by atoms with Crippen LogP contribution in [-0.4, -0.2) is 48.5 Å². The van der Waals surface area contributed by atoms with Crippen molar-refractivity contribution >= 4 is 27.3 Å². The predicted octanol–water partition coefficient (Wildman–Crippen LogP) is 3.74. The van der Waals surface area contributed by atoms with Crippen molar-refractivity contribution in [2.75, 3.05) is 19.7 Å². The van der Waals surface area contributed by atoms with E-state index in [4.69, 9.17) is 9.26 Å². The maximum absolute atomic E-state index is 13.3. The summed E-state index contributed by atoms with van der Waals surface area (Å²) in [6.07, 6.45) is 1.24. The Morgan fingerprint density at radius 2 is 2.10 bits per heavy atom. The van der Waals surface area contributed by atoms with E-state index in [1.165, 1.54) is 15.6 Å². The fourth-order valence-electron chi connectivity index (χ4n) is 3.61. The Kier molecular flexibility index (Phi) is 6.22. The van der Waals surface area contributed by atoms with Gasteiger partial charge in [-0.3, -0.25) is 4.79 Å². The first-order valence-corrected chi connectivity index (χ1v) is 12.3. The zero-order chi connectivity index (χ0) is 22.0. The van der Waals surface area contributed by atoms with Crippen molar-refractivity contribution in [3.05, 3.63) is 41.3 Å². The number of hydrogen-bond donors (Lipinski definition) is 0. The molecule has 1 aliphatic heterocycles. The fourth-order valence-corrected chi connectivity index (χ4v) is 6.61. The number of sulfonamides is 1. The van der Waals surface area contributed by atoms with Gasteiger partial charge < -0.3 is 9.26 Å². The number of piperidine rings is 1. The number of thiophene rings is 1. The van der Waals surface area contributed by atoms with E-state index in [0.29, 0.717) is 35.0 Å². The van der Waals surface area contributed by atoms with Gasteiger partial charge in [0.2, 0.25) is 15.8 Å². The average Bonchev–Trinajstić information content (AvgIpc) is 3.42. The van der Waals surface area contributed by atoms with Gasteiger partial charge in [0.05, 0.1) is 22.3 Å². The first-order chi connectivity index (χ1) is 14.9. The summed E-state index contributed by atoms with van der Waals surface area (Å²) >= 11 is 1.29. The van der Waals surface area contributed by atoms with Crippen LogP contribution in [0.1, 0.15) is 24.6 Å². The van der Waals surface area contributed by atoms with Gasteiger partial charge in [0, 0.05) is 23.5 Å². The number of aromatic nitrogens is 2. The quantitative estimate of drug-likeness (QED) is 0.515. The molecule has 0 amide bonds. The van der Waals surface area contributed by atoms with Crippen molar-refractivity contribution in [1.82, 2.24) is 14.4 Å². The second-order valence-corrected chi connectivity index (χ2v) is 10.4. The van der Waals surface area contributed by atoms with Gasteiger partial charge in [-0.1, -0.05) is 35.5 Å². The maximum Gasteiger partial charge on any atom is 0.310 e. The summed E-state index contributed by atoms with van der Waals surface area (Å²) in [5.74, 6) is -0.0634. The van der Waals surface area contributed by atoms with Gasteiger partial charge in [0.25, 0.3) is 5.89 Å². The van der Waals surface area contributed by atoms with Crippen LogP contribution in [0.15, 0.2) is 45.8 Å². The third kappa shape index (κ3) is 4.41. The lowest BCUT2D eigenvalue weighted by Gasteiger charge is -2.30. The monoisotopic (exact) mass is 461 g/mol. The Bertz CT molecular complexity index is 1170. The zero-order valence-corrected chi connectivity index (χ0v) is 18.9. The molecule has 0 radical (unpaired) electrons. The Hall–Kier alpha value is -2.56. The molecule has 1 aliphatic rings. The largest absolute Gasteiger partial charge is 0.466 e. The van der Waals surface area contributed by atoms with E-state index >= 15 is 0 Å². The van der Waals surface area contributed by atoms with Gasteiger partial charge in [-0.25, -0.2) is 8.42 Å². The summed E-state index contributed by atoms with van der Waals surface area (Å²) in [5, 5.41) is 4.01. The van der Waals surface area contributed by atoms with Crippen molar-refractivity contribution in [2.45, 2.75) is 31.6 Å². The van der Waals surface area contributed by atoms with E-state index in [9.17, 15) is 13.2 Å². The standard InChI is InChI=1S/C21H23N3O5S2/c1-3-28-21(25)16-10-7-11-24(13-16)31(26,27)18-12-17(30-14(18)2)20-22-19(23-29-20)15-8-5-4-6-9-15/h4-6,8-9,12,16H,3,7,10-11,13H2,1-2H3/t16-/m1/s1. The molecule has 1 atom stereocenters. The highest BCUT2D eigenvalue weighted by molar-refractivity contribution is 7.89. The summed E-state index contributed by atoms with van der Waals surface area (Å²) in [7, 11) is -3.76. The van der Waals surface area contributed by atoms with Crippen LogP contribution in [0.2, 0.25) is 0 Å². The van der Waals surface area contributed by atoms with Crippen molar-refractivity contribution < 1.29 is 22.5 Å². The Balaban J connectivity index is 1.58. The second-order valence-electron chi connectivity index (χ2n) is 7.27. The van der Waals surface area contributed by atoms with E-state index < -0.39 is 15.9 Å². The van der Waals surface area contributed by atoms with Crippen molar-refractivity contribution in [1.29, 1.82) is 0 Å². The number of ether oxygens (including phenoxy) is 1. The second kappa shape index (κ2) is 8.89. The normalized spacial score (nSPS) is 17.5. The van der Waals surface area contributed by atoms with Gasteiger partial charge in [0.1, 0.15) is 0 Å². The third-order valence-electron chi connectivity index (χ3n) is 5.16. The first-order valence-electron chi connectivity index (χ1n) is 10.1.